The summed E-state index contributed by atoms with van der Waals surface area (Å²) in [6.45, 7) is 4.70. The van der Waals surface area contributed by atoms with E-state index in [2.05, 4.69) is 20.8 Å². The zero-order chi connectivity index (χ0) is 17.0. The lowest BCUT2D eigenvalue weighted by Gasteiger charge is -2.31. The first-order valence-corrected chi connectivity index (χ1v) is 8.26. The van der Waals surface area contributed by atoms with E-state index in [-0.39, 0.29) is 23.2 Å². The van der Waals surface area contributed by atoms with E-state index in [0.717, 1.165) is 18.7 Å². The van der Waals surface area contributed by atoms with Crippen LogP contribution < -0.4 is 5.73 Å². The molecular weight excluding hydrogens is 366 g/mol. The highest BCUT2D eigenvalue weighted by atomic mass is 79.9. The third kappa shape index (κ3) is 4.49. The molecule has 1 saturated heterocycles. The Morgan fingerprint density at radius 3 is 2.74 bits per heavy atom. The number of Topliss-reactive ketones (excluding diaryl/α,β-unsaturated/α-hetero) is 1. The van der Waals surface area contributed by atoms with Crippen molar-refractivity contribution in [2.75, 3.05) is 32.0 Å². The van der Waals surface area contributed by atoms with Gasteiger partial charge in [-0.2, -0.15) is 0 Å². The minimum Gasteiger partial charge on any atom is -0.392 e. The van der Waals surface area contributed by atoms with Gasteiger partial charge in [0.1, 0.15) is 11.5 Å². The molecule has 0 spiro atoms. The highest BCUT2D eigenvalue weighted by Gasteiger charge is 2.23. The molecule has 1 heterocycles. The Morgan fingerprint density at radius 2 is 2.13 bits per heavy atom. The van der Waals surface area contributed by atoms with Gasteiger partial charge in [-0.05, 0) is 40.9 Å². The molecule has 1 fully saturated rings. The van der Waals surface area contributed by atoms with E-state index in [4.69, 9.17) is 10.5 Å². The predicted octanol–water partition coefficient (Wildman–Crippen LogP) is 2.16. The number of nitro benzene ring substituents is 1. The van der Waals surface area contributed by atoms with Crippen molar-refractivity contribution in [3.05, 3.63) is 32.3 Å². The molecule has 126 valence electrons. The number of carbonyl (C=O) groups is 1. The van der Waals surface area contributed by atoms with Crippen LogP contribution in [0, 0.1) is 10.1 Å². The number of ether oxygens (including phenoxy) is 1. The average molecular weight is 386 g/mol. The second kappa shape index (κ2) is 7.85. The zero-order valence-corrected chi connectivity index (χ0v) is 14.5. The van der Waals surface area contributed by atoms with Crippen LogP contribution in [0.25, 0.3) is 0 Å². The van der Waals surface area contributed by atoms with Crippen LogP contribution in [-0.2, 0) is 16.0 Å². The molecule has 8 heteroatoms. The van der Waals surface area contributed by atoms with Crippen LogP contribution in [0.4, 0.5) is 11.4 Å². The minimum absolute atomic E-state index is 0.103. The monoisotopic (exact) mass is 385 g/mol. The normalized spacial score (nSPS) is 17.0. The van der Waals surface area contributed by atoms with Crippen LogP contribution in [0.15, 0.2) is 16.6 Å². The summed E-state index contributed by atoms with van der Waals surface area (Å²) < 4.78 is 5.77. The van der Waals surface area contributed by atoms with E-state index in [1.807, 2.05) is 6.92 Å². The summed E-state index contributed by atoms with van der Waals surface area (Å²) in [7, 11) is 0. The fraction of sp³-hybridized carbons (Fsp3) is 0.533. The Bertz CT molecular complexity index is 603. The highest BCUT2D eigenvalue weighted by Crippen LogP contribution is 2.31. The molecule has 0 radical (unpaired) electrons. The minimum atomic E-state index is -0.512. The number of ketones is 1. The lowest BCUT2D eigenvalue weighted by atomic mass is 10.0. The molecule has 2 rings (SSSR count). The van der Waals surface area contributed by atoms with Crippen LogP contribution in [-0.4, -0.2) is 48.0 Å². The van der Waals surface area contributed by atoms with E-state index in [1.165, 1.54) is 6.07 Å². The summed E-state index contributed by atoms with van der Waals surface area (Å²) in [6.07, 6.45) is 0.791. The first-order chi connectivity index (χ1) is 10.9. The summed E-state index contributed by atoms with van der Waals surface area (Å²) >= 11 is 3.23. The van der Waals surface area contributed by atoms with Gasteiger partial charge in [0.05, 0.1) is 24.2 Å². The summed E-state index contributed by atoms with van der Waals surface area (Å²) in [5, 5.41) is 11.0. The Kier molecular flexibility index (Phi) is 6.09. The number of halogens is 1. The van der Waals surface area contributed by atoms with Crippen molar-refractivity contribution in [3.63, 3.8) is 0 Å². The molecule has 2 N–H and O–H groups in total. The van der Waals surface area contributed by atoms with E-state index in [1.54, 1.807) is 6.07 Å². The standard InChI is InChI=1S/C15H20BrN3O4/c1-10(18-4-6-23-7-5-18)14(20)3-2-11-8-12(16)15(17)13(9-11)19(21)22/h8-10H,2-7,17H2,1H3/t10-/m0/s1. The van der Waals surface area contributed by atoms with Gasteiger partial charge in [-0.3, -0.25) is 19.8 Å². The van der Waals surface area contributed by atoms with Gasteiger partial charge < -0.3 is 10.5 Å². The molecule has 0 unspecified atom stereocenters. The number of nitro groups is 1. The number of hydrogen-bond acceptors (Lipinski definition) is 6. The molecule has 0 saturated carbocycles. The summed E-state index contributed by atoms with van der Waals surface area (Å²) in [5.74, 6) is 0.127. The van der Waals surface area contributed by atoms with Crippen LogP contribution in [0.1, 0.15) is 18.9 Å². The Labute approximate surface area is 143 Å². The number of hydrogen-bond donors (Lipinski definition) is 1. The van der Waals surface area contributed by atoms with E-state index in [0.29, 0.717) is 30.5 Å². The molecule has 0 amide bonds. The maximum absolute atomic E-state index is 12.3. The van der Waals surface area contributed by atoms with Crippen molar-refractivity contribution >= 4 is 33.1 Å². The smallest absolute Gasteiger partial charge is 0.293 e. The molecule has 23 heavy (non-hydrogen) atoms. The third-order valence-corrected chi connectivity index (χ3v) is 4.74. The molecule has 1 aliphatic rings. The molecule has 1 aliphatic heterocycles. The Morgan fingerprint density at radius 1 is 1.48 bits per heavy atom. The van der Waals surface area contributed by atoms with Crippen molar-refractivity contribution in [2.45, 2.75) is 25.8 Å². The fourth-order valence-electron chi connectivity index (χ4n) is 2.60. The van der Waals surface area contributed by atoms with Crippen LogP contribution in [0.2, 0.25) is 0 Å². The molecule has 1 atom stereocenters. The number of carbonyl (C=O) groups excluding carboxylic acids is 1. The molecular formula is C15H20BrN3O4. The average Bonchev–Trinajstić information content (AvgIpc) is 2.55. The van der Waals surface area contributed by atoms with Gasteiger partial charge in [-0.25, -0.2) is 0 Å². The number of benzene rings is 1. The maximum Gasteiger partial charge on any atom is 0.293 e. The Balaban J connectivity index is 1.99. The van der Waals surface area contributed by atoms with Crippen molar-refractivity contribution in [2.24, 2.45) is 0 Å². The molecule has 0 aliphatic carbocycles. The number of rotatable bonds is 6. The Hall–Kier alpha value is -1.51. The predicted molar refractivity (Wildman–Crippen MR) is 90.4 cm³/mol. The van der Waals surface area contributed by atoms with Crippen molar-refractivity contribution in [3.8, 4) is 0 Å². The third-order valence-electron chi connectivity index (χ3n) is 4.08. The van der Waals surface area contributed by atoms with Gasteiger partial charge in [0.2, 0.25) is 0 Å². The summed E-state index contributed by atoms with van der Waals surface area (Å²) in [6, 6.07) is 3.01. The molecule has 0 aromatic heterocycles. The first-order valence-electron chi connectivity index (χ1n) is 7.47. The molecule has 0 bridgehead atoms. The first kappa shape index (κ1) is 17.8. The topological polar surface area (TPSA) is 98.7 Å². The number of morpholine rings is 1. The van der Waals surface area contributed by atoms with Gasteiger partial charge in [0, 0.05) is 30.0 Å². The van der Waals surface area contributed by atoms with Crippen LogP contribution in [0.5, 0.6) is 0 Å². The van der Waals surface area contributed by atoms with Gasteiger partial charge in [0.25, 0.3) is 5.69 Å². The molecule has 1 aromatic rings. The maximum atomic E-state index is 12.3. The second-order valence-corrected chi connectivity index (χ2v) is 6.41. The van der Waals surface area contributed by atoms with Gasteiger partial charge >= 0.3 is 0 Å². The van der Waals surface area contributed by atoms with Crippen LogP contribution in [0.3, 0.4) is 0 Å². The van der Waals surface area contributed by atoms with Crippen LogP contribution >= 0.6 is 15.9 Å². The second-order valence-electron chi connectivity index (χ2n) is 5.56. The van der Waals surface area contributed by atoms with E-state index >= 15 is 0 Å². The lowest BCUT2D eigenvalue weighted by molar-refractivity contribution is -0.384. The molecule has 1 aromatic carbocycles. The van der Waals surface area contributed by atoms with Gasteiger partial charge in [0.15, 0.2) is 0 Å². The zero-order valence-electron chi connectivity index (χ0n) is 13.0. The largest absolute Gasteiger partial charge is 0.392 e. The highest BCUT2D eigenvalue weighted by molar-refractivity contribution is 9.10. The fourth-order valence-corrected chi connectivity index (χ4v) is 3.10. The quantitative estimate of drug-likeness (QED) is 0.457. The number of nitrogen functional groups attached to an aromatic ring is 1. The van der Waals surface area contributed by atoms with Crippen molar-refractivity contribution < 1.29 is 14.5 Å². The van der Waals surface area contributed by atoms with Crippen molar-refractivity contribution in [1.29, 1.82) is 0 Å². The van der Waals surface area contributed by atoms with Gasteiger partial charge in [-0.1, -0.05) is 0 Å². The van der Waals surface area contributed by atoms with Gasteiger partial charge in [-0.15, -0.1) is 0 Å². The number of nitrogens with zero attached hydrogens (tertiary/aromatic N) is 2. The number of anilines is 1. The molecule has 7 nitrogen and oxygen atoms in total. The van der Waals surface area contributed by atoms with E-state index < -0.39 is 4.92 Å². The number of aryl methyl sites for hydroxylation is 1. The summed E-state index contributed by atoms with van der Waals surface area (Å²) in [4.78, 5) is 24.9. The summed E-state index contributed by atoms with van der Waals surface area (Å²) in [5.41, 5.74) is 6.37. The number of nitrogens with two attached hydrogens (primary N) is 1. The lowest BCUT2D eigenvalue weighted by Crippen LogP contribution is -2.45. The SMILES string of the molecule is C[C@@H](C(=O)CCc1cc(Br)c(N)c([N+](=O)[O-])c1)N1CCOCC1. The van der Waals surface area contributed by atoms with Crippen molar-refractivity contribution in [1.82, 2.24) is 4.90 Å². The van der Waals surface area contributed by atoms with E-state index in [9.17, 15) is 14.9 Å².